The Hall–Kier alpha value is -2.13. The number of benzene rings is 2. The van der Waals surface area contributed by atoms with Crippen molar-refractivity contribution >= 4 is 23.7 Å². The third kappa shape index (κ3) is 3.66. The topological polar surface area (TPSA) is 41.5 Å². The first-order valence-corrected chi connectivity index (χ1v) is 6.19. The van der Waals surface area contributed by atoms with E-state index in [4.69, 9.17) is 11.6 Å². The number of hydrogen-bond donors (Lipinski definition) is 1. The molecule has 0 aliphatic heterocycles. The van der Waals surface area contributed by atoms with Crippen molar-refractivity contribution in [3.05, 3.63) is 70.2 Å². The van der Waals surface area contributed by atoms with Gasteiger partial charge in [0.25, 0.3) is 5.91 Å². The van der Waals surface area contributed by atoms with Gasteiger partial charge in [0.1, 0.15) is 0 Å². The van der Waals surface area contributed by atoms with Gasteiger partial charge in [-0.1, -0.05) is 48.0 Å². The standard InChI is InChI=1S/C15H13ClN2O/c1-11-7-8-13(14(16)9-11)15(19)18-17-10-12-5-3-2-4-6-12/h2-10H,1H3,(H,18,19). The molecule has 0 radical (unpaired) electrons. The maximum atomic E-state index is 11.9. The Morgan fingerprint density at radius 2 is 1.95 bits per heavy atom. The maximum Gasteiger partial charge on any atom is 0.272 e. The molecule has 0 aliphatic carbocycles. The fourth-order valence-electron chi connectivity index (χ4n) is 1.57. The van der Waals surface area contributed by atoms with E-state index in [2.05, 4.69) is 10.5 Å². The van der Waals surface area contributed by atoms with E-state index in [9.17, 15) is 4.79 Å². The van der Waals surface area contributed by atoms with Crippen molar-refractivity contribution in [3.8, 4) is 0 Å². The highest BCUT2D eigenvalue weighted by atomic mass is 35.5. The van der Waals surface area contributed by atoms with Crippen LogP contribution in [-0.4, -0.2) is 12.1 Å². The molecule has 1 amide bonds. The first-order valence-electron chi connectivity index (χ1n) is 5.81. The summed E-state index contributed by atoms with van der Waals surface area (Å²) in [5, 5.41) is 4.32. The number of carbonyl (C=O) groups excluding carboxylic acids is 1. The Kier molecular flexibility index (Phi) is 4.31. The average molecular weight is 273 g/mol. The highest BCUT2D eigenvalue weighted by molar-refractivity contribution is 6.33. The lowest BCUT2D eigenvalue weighted by molar-refractivity contribution is 0.0955. The molecular formula is C15H13ClN2O. The second-order valence-corrected chi connectivity index (χ2v) is 4.50. The number of aryl methyl sites for hydroxylation is 1. The van der Waals surface area contributed by atoms with Crippen molar-refractivity contribution in [2.75, 3.05) is 0 Å². The number of nitrogens with zero attached hydrogens (tertiary/aromatic N) is 1. The van der Waals surface area contributed by atoms with E-state index < -0.39 is 0 Å². The summed E-state index contributed by atoms with van der Waals surface area (Å²) in [6.07, 6.45) is 1.58. The van der Waals surface area contributed by atoms with Gasteiger partial charge in [-0.2, -0.15) is 5.10 Å². The lowest BCUT2D eigenvalue weighted by atomic mass is 10.1. The van der Waals surface area contributed by atoms with Gasteiger partial charge in [-0.3, -0.25) is 4.79 Å². The number of hydrogen-bond acceptors (Lipinski definition) is 2. The highest BCUT2D eigenvalue weighted by Gasteiger charge is 2.08. The van der Waals surface area contributed by atoms with Crippen molar-refractivity contribution in [1.82, 2.24) is 5.43 Å². The summed E-state index contributed by atoms with van der Waals surface area (Å²) < 4.78 is 0. The third-order valence-electron chi connectivity index (χ3n) is 2.55. The number of nitrogens with one attached hydrogen (secondary N) is 1. The van der Waals surface area contributed by atoms with Crippen molar-refractivity contribution in [1.29, 1.82) is 0 Å². The van der Waals surface area contributed by atoms with Gasteiger partial charge in [-0.25, -0.2) is 5.43 Å². The molecule has 96 valence electrons. The van der Waals surface area contributed by atoms with Gasteiger partial charge in [0, 0.05) is 0 Å². The number of amides is 1. The fraction of sp³-hybridized carbons (Fsp3) is 0.0667. The van der Waals surface area contributed by atoms with Gasteiger partial charge < -0.3 is 0 Å². The predicted molar refractivity (Wildman–Crippen MR) is 77.7 cm³/mol. The van der Waals surface area contributed by atoms with Crippen molar-refractivity contribution in [2.24, 2.45) is 5.10 Å². The molecule has 2 aromatic rings. The molecule has 1 N–H and O–H groups in total. The van der Waals surface area contributed by atoms with Gasteiger partial charge in [0.2, 0.25) is 0 Å². The smallest absolute Gasteiger partial charge is 0.267 e. The summed E-state index contributed by atoms with van der Waals surface area (Å²) >= 11 is 6.01. The molecule has 0 fully saturated rings. The summed E-state index contributed by atoms with van der Waals surface area (Å²) in [4.78, 5) is 11.9. The molecule has 19 heavy (non-hydrogen) atoms. The zero-order valence-electron chi connectivity index (χ0n) is 10.4. The van der Waals surface area contributed by atoms with Crippen molar-refractivity contribution in [2.45, 2.75) is 6.92 Å². The van der Waals surface area contributed by atoms with Gasteiger partial charge in [0.15, 0.2) is 0 Å². The first kappa shape index (κ1) is 13.3. The van der Waals surface area contributed by atoms with E-state index in [1.54, 1.807) is 18.3 Å². The molecule has 0 bridgehead atoms. The molecule has 4 heteroatoms. The van der Waals surface area contributed by atoms with E-state index in [0.29, 0.717) is 10.6 Å². The second-order valence-electron chi connectivity index (χ2n) is 4.09. The summed E-state index contributed by atoms with van der Waals surface area (Å²) in [5.41, 5.74) is 4.79. The van der Waals surface area contributed by atoms with E-state index in [1.807, 2.05) is 43.3 Å². The normalized spacial score (nSPS) is 10.6. The van der Waals surface area contributed by atoms with Gasteiger partial charge >= 0.3 is 0 Å². The van der Waals surface area contributed by atoms with E-state index in [-0.39, 0.29) is 5.91 Å². The van der Waals surface area contributed by atoms with Crippen LogP contribution in [0.5, 0.6) is 0 Å². The predicted octanol–water partition coefficient (Wildman–Crippen LogP) is 3.41. The molecule has 0 atom stereocenters. The molecular weight excluding hydrogens is 260 g/mol. The fourth-order valence-corrected chi connectivity index (χ4v) is 1.89. The molecule has 0 spiro atoms. The molecule has 0 saturated heterocycles. The monoisotopic (exact) mass is 272 g/mol. The minimum absolute atomic E-state index is 0.322. The Labute approximate surface area is 116 Å². The molecule has 0 saturated carbocycles. The van der Waals surface area contributed by atoms with Crippen LogP contribution in [0.25, 0.3) is 0 Å². The summed E-state index contributed by atoms with van der Waals surface area (Å²) in [7, 11) is 0. The molecule has 3 nitrogen and oxygen atoms in total. The van der Waals surface area contributed by atoms with Crippen molar-refractivity contribution < 1.29 is 4.79 Å². The van der Waals surface area contributed by atoms with Crippen LogP contribution in [0, 0.1) is 6.92 Å². The molecule has 0 heterocycles. The second kappa shape index (κ2) is 6.16. The van der Waals surface area contributed by atoms with Crippen molar-refractivity contribution in [3.63, 3.8) is 0 Å². The van der Waals surface area contributed by atoms with Gasteiger partial charge in [-0.05, 0) is 30.2 Å². The summed E-state index contributed by atoms with van der Waals surface area (Å²) in [6, 6.07) is 14.8. The lowest BCUT2D eigenvalue weighted by Gasteiger charge is -2.03. The highest BCUT2D eigenvalue weighted by Crippen LogP contribution is 2.17. The summed E-state index contributed by atoms with van der Waals surface area (Å²) in [6.45, 7) is 1.92. The Bertz CT molecular complexity index is 609. The van der Waals surface area contributed by atoms with Crippen LogP contribution in [0.1, 0.15) is 21.5 Å². The first-order chi connectivity index (χ1) is 9.16. The van der Waals surface area contributed by atoms with Crippen LogP contribution >= 0.6 is 11.6 Å². The van der Waals surface area contributed by atoms with Crippen LogP contribution in [0.15, 0.2) is 53.6 Å². The molecule has 0 aliphatic rings. The van der Waals surface area contributed by atoms with Crippen LogP contribution in [-0.2, 0) is 0 Å². The Morgan fingerprint density at radius 3 is 2.63 bits per heavy atom. The van der Waals surface area contributed by atoms with Gasteiger partial charge in [-0.15, -0.1) is 0 Å². The number of halogens is 1. The van der Waals surface area contributed by atoms with E-state index >= 15 is 0 Å². The van der Waals surface area contributed by atoms with Crippen LogP contribution in [0.2, 0.25) is 5.02 Å². The minimum atomic E-state index is -0.322. The molecule has 2 rings (SSSR count). The van der Waals surface area contributed by atoms with E-state index in [0.717, 1.165) is 11.1 Å². The van der Waals surface area contributed by atoms with Gasteiger partial charge in [0.05, 0.1) is 16.8 Å². The summed E-state index contributed by atoms with van der Waals surface area (Å²) in [5.74, 6) is -0.322. The number of hydrazone groups is 1. The quantitative estimate of drug-likeness (QED) is 0.675. The molecule has 2 aromatic carbocycles. The third-order valence-corrected chi connectivity index (χ3v) is 2.86. The average Bonchev–Trinajstić information content (AvgIpc) is 2.39. The maximum absolute atomic E-state index is 11.9. The SMILES string of the molecule is Cc1ccc(C(=O)NN=Cc2ccccc2)c(Cl)c1. The lowest BCUT2D eigenvalue weighted by Crippen LogP contribution is -2.18. The largest absolute Gasteiger partial charge is 0.272 e. The zero-order chi connectivity index (χ0) is 13.7. The Morgan fingerprint density at radius 1 is 1.21 bits per heavy atom. The zero-order valence-corrected chi connectivity index (χ0v) is 11.2. The van der Waals surface area contributed by atoms with Crippen LogP contribution in [0.3, 0.4) is 0 Å². The van der Waals surface area contributed by atoms with Crippen LogP contribution < -0.4 is 5.43 Å². The Balaban J connectivity index is 2.04. The van der Waals surface area contributed by atoms with Crippen LogP contribution in [0.4, 0.5) is 0 Å². The molecule has 0 unspecified atom stereocenters. The minimum Gasteiger partial charge on any atom is -0.267 e. The molecule has 0 aromatic heterocycles. The number of rotatable bonds is 3. The number of carbonyl (C=O) groups is 1. The van der Waals surface area contributed by atoms with E-state index in [1.165, 1.54) is 0 Å².